The summed E-state index contributed by atoms with van der Waals surface area (Å²) in [6.45, 7) is 0. The van der Waals surface area contributed by atoms with Crippen LogP contribution in [0.2, 0.25) is 10.0 Å². The molecule has 0 bridgehead atoms. The number of furan rings is 1. The van der Waals surface area contributed by atoms with Crippen molar-refractivity contribution < 1.29 is 13.6 Å². The highest BCUT2D eigenvalue weighted by atomic mass is 35.5. The molecule has 0 amide bonds. The molecule has 0 N–H and O–H groups in total. The Labute approximate surface area is 123 Å². The molecule has 1 heterocycles. The third kappa shape index (κ3) is 2.30. The van der Waals surface area contributed by atoms with Gasteiger partial charge in [-0.2, -0.15) is 0 Å². The largest absolute Gasteiger partial charge is 0.451 e. The molecule has 5 heteroatoms. The number of benzene rings is 2. The van der Waals surface area contributed by atoms with E-state index < -0.39 is 5.82 Å². The van der Waals surface area contributed by atoms with Crippen LogP contribution in [0.5, 0.6) is 0 Å². The molecule has 0 unspecified atom stereocenters. The Hall–Kier alpha value is -1.84. The van der Waals surface area contributed by atoms with Gasteiger partial charge in [-0.05, 0) is 42.5 Å². The van der Waals surface area contributed by atoms with Gasteiger partial charge in [-0.15, -0.1) is 0 Å². The van der Waals surface area contributed by atoms with Crippen LogP contribution in [0.25, 0.3) is 11.0 Å². The molecule has 0 atom stereocenters. The molecule has 20 heavy (non-hydrogen) atoms. The van der Waals surface area contributed by atoms with Gasteiger partial charge in [-0.25, -0.2) is 4.39 Å². The van der Waals surface area contributed by atoms with E-state index in [1.165, 1.54) is 24.3 Å². The minimum absolute atomic E-state index is 0.135. The molecule has 0 aliphatic carbocycles. The van der Waals surface area contributed by atoms with Gasteiger partial charge in [0.2, 0.25) is 5.78 Å². The summed E-state index contributed by atoms with van der Waals surface area (Å²) in [4.78, 5) is 12.2. The van der Waals surface area contributed by atoms with Crippen LogP contribution in [0.15, 0.2) is 46.9 Å². The van der Waals surface area contributed by atoms with Crippen LogP contribution in [0.4, 0.5) is 4.39 Å². The first-order valence-corrected chi connectivity index (χ1v) is 6.49. The second-order valence-corrected chi connectivity index (χ2v) is 5.10. The number of halogens is 3. The van der Waals surface area contributed by atoms with E-state index in [1.54, 1.807) is 18.2 Å². The molecule has 0 saturated carbocycles. The van der Waals surface area contributed by atoms with Gasteiger partial charge in [-0.3, -0.25) is 4.79 Å². The van der Waals surface area contributed by atoms with Crippen molar-refractivity contribution in [1.29, 1.82) is 0 Å². The fourth-order valence-electron chi connectivity index (χ4n) is 1.93. The SMILES string of the molecule is O=C(c1ccc(F)cc1)c1cc2cc(Cl)cc(Cl)c2o1. The number of carbonyl (C=O) groups excluding carboxylic acids is 1. The molecule has 2 nitrogen and oxygen atoms in total. The molecular formula is C15H7Cl2FO2. The van der Waals surface area contributed by atoms with E-state index in [4.69, 9.17) is 27.6 Å². The average molecular weight is 309 g/mol. The summed E-state index contributed by atoms with van der Waals surface area (Å²) in [6, 6.07) is 10.0. The van der Waals surface area contributed by atoms with Gasteiger partial charge in [0.15, 0.2) is 11.3 Å². The number of hydrogen-bond donors (Lipinski definition) is 0. The summed E-state index contributed by atoms with van der Waals surface area (Å²) in [5, 5.41) is 1.45. The lowest BCUT2D eigenvalue weighted by atomic mass is 10.1. The van der Waals surface area contributed by atoms with Crippen LogP contribution in [-0.2, 0) is 0 Å². The predicted octanol–water partition coefficient (Wildman–Crippen LogP) is 5.11. The summed E-state index contributed by atoms with van der Waals surface area (Å²) in [5.74, 6) is -0.606. The molecule has 100 valence electrons. The predicted molar refractivity (Wildman–Crippen MR) is 76.1 cm³/mol. The maximum Gasteiger partial charge on any atom is 0.228 e. The highest BCUT2D eigenvalue weighted by Gasteiger charge is 2.16. The fraction of sp³-hybridized carbons (Fsp3) is 0. The Morgan fingerprint density at radius 1 is 1.05 bits per heavy atom. The van der Waals surface area contributed by atoms with Gasteiger partial charge in [-0.1, -0.05) is 23.2 Å². The van der Waals surface area contributed by atoms with Crippen molar-refractivity contribution in [2.75, 3.05) is 0 Å². The minimum atomic E-state index is -0.402. The Balaban J connectivity index is 2.08. The zero-order valence-electron chi connectivity index (χ0n) is 9.99. The van der Waals surface area contributed by atoms with Gasteiger partial charge >= 0.3 is 0 Å². The summed E-state index contributed by atoms with van der Waals surface area (Å²) in [5.41, 5.74) is 0.745. The van der Waals surface area contributed by atoms with Crippen LogP contribution < -0.4 is 0 Å². The molecule has 0 radical (unpaired) electrons. The molecule has 1 aromatic heterocycles. The van der Waals surface area contributed by atoms with Crippen molar-refractivity contribution in [3.8, 4) is 0 Å². The fourth-order valence-corrected chi connectivity index (χ4v) is 2.48. The number of fused-ring (bicyclic) bond motifs is 1. The van der Waals surface area contributed by atoms with E-state index >= 15 is 0 Å². The molecule has 3 rings (SSSR count). The summed E-state index contributed by atoms with van der Waals surface area (Å²) >= 11 is 11.9. The van der Waals surface area contributed by atoms with Crippen LogP contribution >= 0.6 is 23.2 Å². The molecule has 2 aromatic carbocycles. The molecule has 0 aliphatic rings. The summed E-state index contributed by atoms with van der Waals surface area (Å²) in [7, 11) is 0. The number of rotatable bonds is 2. The lowest BCUT2D eigenvalue weighted by Gasteiger charge is -1.97. The molecule has 0 saturated heterocycles. The van der Waals surface area contributed by atoms with E-state index in [0.717, 1.165) is 0 Å². The monoisotopic (exact) mass is 308 g/mol. The third-order valence-electron chi connectivity index (χ3n) is 2.87. The lowest BCUT2D eigenvalue weighted by molar-refractivity contribution is 0.101. The molecule has 0 spiro atoms. The first kappa shape index (κ1) is 13.2. The van der Waals surface area contributed by atoms with Crippen molar-refractivity contribution in [2.24, 2.45) is 0 Å². The number of hydrogen-bond acceptors (Lipinski definition) is 2. The molecule has 3 aromatic rings. The minimum Gasteiger partial charge on any atom is -0.451 e. The lowest BCUT2D eigenvalue weighted by Crippen LogP contribution is -1.99. The number of ketones is 1. The van der Waals surface area contributed by atoms with Crippen molar-refractivity contribution in [2.45, 2.75) is 0 Å². The van der Waals surface area contributed by atoms with E-state index in [0.29, 0.717) is 26.6 Å². The summed E-state index contributed by atoms with van der Waals surface area (Å²) < 4.78 is 18.3. The van der Waals surface area contributed by atoms with Crippen molar-refractivity contribution in [3.63, 3.8) is 0 Å². The van der Waals surface area contributed by atoms with E-state index in [2.05, 4.69) is 0 Å². The Morgan fingerprint density at radius 3 is 2.45 bits per heavy atom. The van der Waals surface area contributed by atoms with Crippen LogP contribution in [0.1, 0.15) is 16.1 Å². The second kappa shape index (κ2) is 4.93. The van der Waals surface area contributed by atoms with Crippen LogP contribution in [-0.4, -0.2) is 5.78 Å². The van der Waals surface area contributed by atoms with Gasteiger partial charge in [0.1, 0.15) is 5.82 Å². The first-order chi connectivity index (χ1) is 9.54. The Kier molecular flexibility index (Phi) is 3.24. The Morgan fingerprint density at radius 2 is 1.75 bits per heavy atom. The zero-order valence-corrected chi connectivity index (χ0v) is 11.5. The van der Waals surface area contributed by atoms with E-state index in [-0.39, 0.29) is 11.5 Å². The normalized spacial score (nSPS) is 10.9. The topological polar surface area (TPSA) is 30.2 Å². The number of carbonyl (C=O) groups is 1. The maximum absolute atomic E-state index is 12.9. The highest BCUT2D eigenvalue weighted by Crippen LogP contribution is 2.31. The second-order valence-electron chi connectivity index (χ2n) is 4.25. The first-order valence-electron chi connectivity index (χ1n) is 5.73. The van der Waals surface area contributed by atoms with Crippen LogP contribution in [0, 0.1) is 5.82 Å². The summed E-state index contributed by atoms with van der Waals surface area (Å²) in [6.07, 6.45) is 0. The zero-order chi connectivity index (χ0) is 14.3. The smallest absolute Gasteiger partial charge is 0.228 e. The maximum atomic E-state index is 12.9. The Bertz CT molecular complexity index is 807. The standard InChI is InChI=1S/C15H7Cl2FO2/c16-10-5-9-6-13(20-15(9)12(17)7-10)14(19)8-1-3-11(18)4-2-8/h1-7H. The third-order valence-corrected chi connectivity index (χ3v) is 3.36. The highest BCUT2D eigenvalue weighted by molar-refractivity contribution is 6.38. The van der Waals surface area contributed by atoms with Crippen molar-refractivity contribution in [3.05, 3.63) is 69.7 Å². The van der Waals surface area contributed by atoms with E-state index in [1.807, 2.05) is 0 Å². The van der Waals surface area contributed by atoms with E-state index in [9.17, 15) is 9.18 Å². The van der Waals surface area contributed by atoms with Crippen LogP contribution in [0.3, 0.4) is 0 Å². The van der Waals surface area contributed by atoms with Gasteiger partial charge in [0.05, 0.1) is 5.02 Å². The molecule has 0 aliphatic heterocycles. The molecule has 0 fully saturated rings. The van der Waals surface area contributed by atoms with Crippen molar-refractivity contribution in [1.82, 2.24) is 0 Å². The van der Waals surface area contributed by atoms with Crippen molar-refractivity contribution >= 4 is 40.0 Å². The van der Waals surface area contributed by atoms with Gasteiger partial charge in [0.25, 0.3) is 0 Å². The average Bonchev–Trinajstić information content (AvgIpc) is 2.83. The van der Waals surface area contributed by atoms with Gasteiger partial charge in [0, 0.05) is 16.0 Å². The molecular weight excluding hydrogens is 302 g/mol. The van der Waals surface area contributed by atoms with Gasteiger partial charge < -0.3 is 4.42 Å². The quantitative estimate of drug-likeness (QED) is 0.616.